The molecule has 7 atom stereocenters. The van der Waals surface area contributed by atoms with Crippen molar-refractivity contribution >= 4 is 5.78 Å². The van der Waals surface area contributed by atoms with Gasteiger partial charge in [-0.1, -0.05) is 26.7 Å². The summed E-state index contributed by atoms with van der Waals surface area (Å²) in [7, 11) is 1.82. The summed E-state index contributed by atoms with van der Waals surface area (Å²) in [5, 5.41) is 0. The Labute approximate surface area is 135 Å². The van der Waals surface area contributed by atoms with Crippen molar-refractivity contribution in [1.82, 2.24) is 0 Å². The molecule has 0 aromatic heterocycles. The minimum atomic E-state index is -0.0836. The minimum absolute atomic E-state index is 0.0836. The van der Waals surface area contributed by atoms with E-state index in [1.807, 2.05) is 7.11 Å². The molecule has 4 aliphatic rings. The van der Waals surface area contributed by atoms with Crippen molar-refractivity contribution in [3.63, 3.8) is 0 Å². The number of ether oxygens (including phenoxy) is 1. The number of hydrogen-bond donors (Lipinski definition) is 0. The van der Waals surface area contributed by atoms with Gasteiger partial charge in [0.05, 0.1) is 6.10 Å². The fourth-order valence-corrected chi connectivity index (χ4v) is 7.33. The third-order valence-electron chi connectivity index (χ3n) is 8.56. The molecule has 0 aromatic carbocycles. The highest BCUT2D eigenvalue weighted by Gasteiger charge is 2.62. The van der Waals surface area contributed by atoms with Crippen LogP contribution in [0.1, 0.15) is 71.6 Å². The molecule has 0 spiro atoms. The van der Waals surface area contributed by atoms with E-state index in [0.717, 1.165) is 24.2 Å². The van der Waals surface area contributed by atoms with Gasteiger partial charge in [-0.05, 0) is 61.7 Å². The second kappa shape index (κ2) is 5.06. The van der Waals surface area contributed by atoms with Crippen molar-refractivity contribution in [2.24, 2.45) is 34.5 Å². The van der Waals surface area contributed by atoms with E-state index in [4.69, 9.17) is 4.74 Å². The maximum Gasteiger partial charge on any atom is 0.141 e. The van der Waals surface area contributed by atoms with Crippen LogP contribution in [0.25, 0.3) is 0 Å². The van der Waals surface area contributed by atoms with Gasteiger partial charge in [0.2, 0.25) is 0 Å². The molecule has 0 saturated heterocycles. The lowest BCUT2D eigenvalue weighted by Crippen LogP contribution is -2.54. The third kappa shape index (κ3) is 1.85. The minimum Gasteiger partial charge on any atom is -0.381 e. The fourth-order valence-electron chi connectivity index (χ4n) is 7.33. The van der Waals surface area contributed by atoms with E-state index < -0.39 is 0 Å². The number of ketones is 1. The predicted octanol–water partition coefficient (Wildman–Crippen LogP) is 4.61. The van der Waals surface area contributed by atoms with Gasteiger partial charge >= 0.3 is 0 Å². The molecule has 0 bridgehead atoms. The van der Waals surface area contributed by atoms with Crippen LogP contribution in [0.4, 0.5) is 0 Å². The van der Waals surface area contributed by atoms with Crippen molar-refractivity contribution in [2.75, 3.05) is 7.11 Å². The summed E-state index contributed by atoms with van der Waals surface area (Å²) in [5.74, 6) is 3.50. The average molecular weight is 304 g/mol. The van der Waals surface area contributed by atoms with Gasteiger partial charge in [-0.25, -0.2) is 0 Å². The van der Waals surface area contributed by atoms with Crippen LogP contribution in [0, 0.1) is 34.5 Å². The SMILES string of the molecule is CO[C@@H]1CC(=O)[C@]2(C)CC[C@@H]3[C@H](CC[C@H]4CCCC[C@]43C)[C@H]12. The fraction of sp³-hybridized carbons (Fsp3) is 0.950. The van der Waals surface area contributed by atoms with E-state index in [9.17, 15) is 4.79 Å². The Morgan fingerprint density at radius 3 is 2.64 bits per heavy atom. The van der Waals surface area contributed by atoms with Gasteiger partial charge in [0, 0.05) is 24.9 Å². The van der Waals surface area contributed by atoms with Crippen molar-refractivity contribution in [2.45, 2.75) is 77.7 Å². The van der Waals surface area contributed by atoms with Crippen LogP contribution >= 0.6 is 0 Å². The van der Waals surface area contributed by atoms with Crippen LogP contribution in [0.3, 0.4) is 0 Å². The van der Waals surface area contributed by atoms with Crippen molar-refractivity contribution < 1.29 is 9.53 Å². The molecule has 22 heavy (non-hydrogen) atoms. The van der Waals surface area contributed by atoms with E-state index in [-0.39, 0.29) is 11.5 Å². The Bertz CT molecular complexity index is 472. The number of carbonyl (C=O) groups excluding carboxylic acids is 1. The number of rotatable bonds is 1. The molecule has 0 amide bonds. The number of methoxy groups -OCH3 is 1. The maximum atomic E-state index is 12.7. The molecule has 4 aliphatic carbocycles. The largest absolute Gasteiger partial charge is 0.381 e. The first-order valence-electron chi connectivity index (χ1n) is 9.57. The smallest absolute Gasteiger partial charge is 0.141 e. The van der Waals surface area contributed by atoms with Gasteiger partial charge in [-0.3, -0.25) is 4.79 Å². The number of carbonyl (C=O) groups is 1. The van der Waals surface area contributed by atoms with Gasteiger partial charge in [-0.2, -0.15) is 0 Å². The standard InChI is InChI=1S/C20H32O2/c1-19-10-5-4-6-13(19)7-8-14-15(19)9-11-20(2)17(21)12-16(22-3)18(14)20/h13-16,18H,4-12H2,1-3H3/t13-,14+,15-,16-,18-,19-,20+/m1/s1. The summed E-state index contributed by atoms with van der Waals surface area (Å²) in [6.45, 7) is 4.85. The molecule has 2 heteroatoms. The maximum absolute atomic E-state index is 12.7. The second-order valence-corrected chi connectivity index (χ2v) is 9.18. The van der Waals surface area contributed by atoms with Crippen molar-refractivity contribution in [3.8, 4) is 0 Å². The zero-order valence-electron chi connectivity index (χ0n) is 14.6. The second-order valence-electron chi connectivity index (χ2n) is 9.18. The number of hydrogen-bond acceptors (Lipinski definition) is 2. The van der Waals surface area contributed by atoms with Gasteiger partial charge in [0.1, 0.15) is 5.78 Å². The molecule has 124 valence electrons. The Balaban J connectivity index is 1.69. The Kier molecular flexibility index (Phi) is 3.49. The quantitative estimate of drug-likeness (QED) is 0.707. The van der Waals surface area contributed by atoms with E-state index in [1.54, 1.807) is 0 Å². The molecule has 0 radical (unpaired) electrons. The Morgan fingerprint density at radius 1 is 1.05 bits per heavy atom. The first-order chi connectivity index (χ1) is 10.5. The van der Waals surface area contributed by atoms with E-state index in [1.165, 1.54) is 44.9 Å². The van der Waals surface area contributed by atoms with Gasteiger partial charge in [0.15, 0.2) is 0 Å². The normalized spacial score (nSPS) is 54.5. The first kappa shape index (κ1) is 15.2. The Morgan fingerprint density at radius 2 is 1.86 bits per heavy atom. The first-order valence-corrected chi connectivity index (χ1v) is 9.57. The van der Waals surface area contributed by atoms with Crippen molar-refractivity contribution in [3.05, 3.63) is 0 Å². The molecule has 0 unspecified atom stereocenters. The lowest BCUT2D eigenvalue weighted by Gasteiger charge is -2.60. The molecule has 4 saturated carbocycles. The van der Waals surface area contributed by atoms with Gasteiger partial charge in [0.25, 0.3) is 0 Å². The topological polar surface area (TPSA) is 26.3 Å². The molecular formula is C20H32O2. The average Bonchev–Trinajstić information content (AvgIpc) is 2.78. The van der Waals surface area contributed by atoms with E-state index in [0.29, 0.717) is 23.5 Å². The van der Waals surface area contributed by atoms with Gasteiger partial charge in [-0.15, -0.1) is 0 Å². The summed E-state index contributed by atoms with van der Waals surface area (Å²) in [6, 6.07) is 0. The molecule has 4 rings (SSSR count). The van der Waals surface area contributed by atoms with Crippen LogP contribution in [0.5, 0.6) is 0 Å². The summed E-state index contributed by atoms with van der Waals surface area (Å²) in [6.07, 6.45) is 11.7. The van der Waals surface area contributed by atoms with Crippen LogP contribution in [0.2, 0.25) is 0 Å². The lowest BCUT2D eigenvalue weighted by molar-refractivity contribution is -0.144. The summed E-state index contributed by atoms with van der Waals surface area (Å²) >= 11 is 0. The highest BCUT2D eigenvalue weighted by Crippen LogP contribution is 2.65. The molecule has 2 nitrogen and oxygen atoms in total. The molecule has 0 aromatic rings. The number of Topliss-reactive ketones (excluding diaryl/α,β-unsaturated/α-hetero) is 1. The zero-order chi connectivity index (χ0) is 15.5. The number of fused-ring (bicyclic) bond motifs is 5. The molecule has 0 heterocycles. The summed E-state index contributed by atoms with van der Waals surface area (Å²) < 4.78 is 5.81. The van der Waals surface area contributed by atoms with Crippen LogP contribution < -0.4 is 0 Å². The van der Waals surface area contributed by atoms with Crippen LogP contribution in [-0.4, -0.2) is 19.0 Å². The lowest BCUT2D eigenvalue weighted by atomic mass is 9.45. The predicted molar refractivity (Wildman–Crippen MR) is 87.5 cm³/mol. The Hall–Kier alpha value is -0.370. The zero-order valence-corrected chi connectivity index (χ0v) is 14.6. The van der Waals surface area contributed by atoms with Crippen LogP contribution in [-0.2, 0) is 9.53 Å². The van der Waals surface area contributed by atoms with E-state index >= 15 is 0 Å². The van der Waals surface area contributed by atoms with Crippen LogP contribution in [0.15, 0.2) is 0 Å². The van der Waals surface area contributed by atoms with Gasteiger partial charge < -0.3 is 4.74 Å². The molecule has 4 fully saturated rings. The summed E-state index contributed by atoms with van der Waals surface area (Å²) in [4.78, 5) is 12.7. The third-order valence-corrected chi connectivity index (χ3v) is 8.56. The highest BCUT2D eigenvalue weighted by molar-refractivity contribution is 5.88. The molecular weight excluding hydrogens is 272 g/mol. The monoisotopic (exact) mass is 304 g/mol. The summed E-state index contributed by atoms with van der Waals surface area (Å²) in [5.41, 5.74) is 0.464. The molecule has 0 N–H and O–H groups in total. The van der Waals surface area contributed by atoms with E-state index in [2.05, 4.69) is 13.8 Å². The molecule has 0 aliphatic heterocycles. The highest BCUT2D eigenvalue weighted by atomic mass is 16.5. The van der Waals surface area contributed by atoms with Crippen molar-refractivity contribution in [1.29, 1.82) is 0 Å².